The van der Waals surface area contributed by atoms with E-state index < -0.39 is 0 Å². The fourth-order valence-electron chi connectivity index (χ4n) is 0.869. The first kappa shape index (κ1) is 19.8. The second-order valence-corrected chi connectivity index (χ2v) is 3.38. The third kappa shape index (κ3) is 9.48. The van der Waals surface area contributed by atoms with Crippen LogP contribution in [0.3, 0.4) is 0 Å². The van der Waals surface area contributed by atoms with Crippen molar-refractivity contribution in [1.29, 1.82) is 0 Å². The Kier molecular flexibility index (Phi) is 14.2. The molecule has 0 bridgehead atoms. The van der Waals surface area contributed by atoms with E-state index in [-0.39, 0.29) is 41.3 Å². The van der Waals surface area contributed by atoms with Crippen molar-refractivity contribution in [2.45, 2.75) is 26.7 Å². The maximum absolute atomic E-state index is 11.2. The van der Waals surface area contributed by atoms with Gasteiger partial charge in [-0.3, -0.25) is 0 Å². The predicted molar refractivity (Wildman–Crippen MR) is 63.8 cm³/mol. The average Bonchev–Trinajstić information content (AvgIpc) is 2.37. The molecule has 0 saturated carbocycles. The second-order valence-electron chi connectivity index (χ2n) is 3.38. The third-order valence-corrected chi connectivity index (χ3v) is 1.75. The van der Waals surface area contributed by atoms with Crippen molar-refractivity contribution in [3.63, 3.8) is 0 Å². The van der Waals surface area contributed by atoms with Crippen molar-refractivity contribution >= 4 is 5.97 Å². The number of carbonyl (C=O) groups excluding carboxylic acids is 1. The summed E-state index contributed by atoms with van der Waals surface area (Å²) in [7, 11) is 0. The molecule has 4 nitrogen and oxygen atoms in total. The second kappa shape index (κ2) is 12.9. The van der Waals surface area contributed by atoms with Gasteiger partial charge in [-0.15, -0.1) is 5.75 Å². The summed E-state index contributed by atoms with van der Waals surface area (Å²) in [6, 6.07) is 5.64. The first-order valence-electron chi connectivity index (χ1n) is 5.70. The number of hydrogen-bond acceptors (Lipinski definition) is 4. The van der Waals surface area contributed by atoms with Crippen molar-refractivity contribution in [1.82, 2.24) is 0 Å². The van der Waals surface area contributed by atoms with Gasteiger partial charge in [-0.05, 0) is 25.0 Å². The molecule has 0 heterocycles. The fourth-order valence-corrected chi connectivity index (χ4v) is 0.869. The van der Waals surface area contributed by atoms with E-state index in [2.05, 4.69) is 0 Å². The molecular weight excluding hydrogens is 243 g/mol. The van der Waals surface area contributed by atoms with Crippen LogP contribution >= 0.6 is 0 Å². The average molecular weight is 262 g/mol. The van der Waals surface area contributed by atoms with E-state index in [4.69, 9.17) is 9.84 Å². The molecule has 0 spiro atoms. The molecule has 0 atom stereocenters. The van der Waals surface area contributed by atoms with Gasteiger partial charge in [0.05, 0.1) is 12.2 Å². The zero-order valence-electron chi connectivity index (χ0n) is 11.3. The van der Waals surface area contributed by atoms with Gasteiger partial charge >= 0.3 is 35.5 Å². The van der Waals surface area contributed by atoms with Gasteiger partial charge in [-0.2, -0.15) is 0 Å². The van der Waals surface area contributed by atoms with Crippen LogP contribution in [0.25, 0.3) is 0 Å². The van der Waals surface area contributed by atoms with Crippen LogP contribution < -0.4 is 34.7 Å². The molecule has 1 rings (SSSR count). The quantitative estimate of drug-likeness (QED) is 0.542. The number of rotatable bonds is 4. The zero-order chi connectivity index (χ0) is 13.1. The Morgan fingerprint density at radius 2 is 1.72 bits per heavy atom. The largest absolute Gasteiger partial charge is 1.00 e. The number of esters is 1. The monoisotopic (exact) mass is 262 g/mol. The smallest absolute Gasteiger partial charge is 0.872 e. The number of carbonyl (C=O) groups is 1. The minimum absolute atomic E-state index is 0. The van der Waals surface area contributed by atoms with Gasteiger partial charge in [0.15, 0.2) is 0 Å². The van der Waals surface area contributed by atoms with Crippen LogP contribution in [0.2, 0.25) is 0 Å². The Bertz CT molecular complexity index is 309. The van der Waals surface area contributed by atoms with Crippen molar-refractivity contribution in [2.24, 2.45) is 0 Å². The molecule has 0 amide bonds. The van der Waals surface area contributed by atoms with Crippen LogP contribution in [-0.4, -0.2) is 24.3 Å². The summed E-state index contributed by atoms with van der Waals surface area (Å²) in [6.07, 6.45) is 1.67. The maximum Gasteiger partial charge on any atom is 1.00 e. The van der Waals surface area contributed by atoms with E-state index in [1.165, 1.54) is 24.3 Å². The summed E-state index contributed by atoms with van der Waals surface area (Å²) in [5, 5.41) is 18.6. The van der Waals surface area contributed by atoms with Crippen molar-refractivity contribution in [3.05, 3.63) is 29.8 Å². The minimum Gasteiger partial charge on any atom is -0.872 e. The number of hydrogen-bond donors (Lipinski definition) is 1. The molecule has 0 unspecified atom stereocenters. The Morgan fingerprint density at radius 1 is 1.22 bits per heavy atom. The Labute approximate surface area is 130 Å². The van der Waals surface area contributed by atoms with Crippen LogP contribution in [0.1, 0.15) is 37.0 Å². The van der Waals surface area contributed by atoms with Crippen LogP contribution in [0.15, 0.2) is 24.3 Å². The molecule has 0 aliphatic heterocycles. The van der Waals surface area contributed by atoms with Crippen LogP contribution in [0, 0.1) is 0 Å². The summed E-state index contributed by atoms with van der Waals surface area (Å²) >= 11 is 0. The Balaban J connectivity index is 0. The van der Waals surface area contributed by atoms with Crippen LogP contribution in [0.4, 0.5) is 0 Å². The molecule has 1 N–H and O–H groups in total. The molecule has 0 radical (unpaired) electrons. The van der Waals surface area contributed by atoms with Crippen molar-refractivity contribution in [2.75, 3.05) is 13.2 Å². The number of ether oxygens (including phenoxy) is 1. The van der Waals surface area contributed by atoms with Crippen LogP contribution in [-0.2, 0) is 4.74 Å². The summed E-state index contributed by atoms with van der Waals surface area (Å²) in [4.78, 5) is 11.2. The van der Waals surface area contributed by atoms with Gasteiger partial charge in [-0.25, -0.2) is 4.79 Å². The van der Waals surface area contributed by atoms with Gasteiger partial charge in [0.2, 0.25) is 0 Å². The topological polar surface area (TPSA) is 69.6 Å². The Hall–Kier alpha value is -0.550. The van der Waals surface area contributed by atoms with E-state index in [0.29, 0.717) is 18.8 Å². The number of aliphatic hydroxyl groups excluding tert-OH is 1. The first-order valence-corrected chi connectivity index (χ1v) is 5.70. The molecule has 0 fully saturated rings. The third-order valence-electron chi connectivity index (χ3n) is 1.75. The number of aliphatic hydroxyl groups is 1. The van der Waals surface area contributed by atoms with Gasteiger partial charge in [0.25, 0.3) is 0 Å². The zero-order valence-corrected chi connectivity index (χ0v) is 13.3. The molecule has 0 aromatic heterocycles. The molecular formula is C13H19NaO4. The van der Waals surface area contributed by atoms with Crippen LogP contribution in [0.5, 0.6) is 5.75 Å². The van der Waals surface area contributed by atoms with E-state index in [9.17, 15) is 9.90 Å². The van der Waals surface area contributed by atoms with E-state index in [1.807, 2.05) is 13.8 Å². The summed E-state index contributed by atoms with van der Waals surface area (Å²) in [5.74, 6) is -0.478. The Morgan fingerprint density at radius 3 is 2.11 bits per heavy atom. The first-order chi connectivity index (χ1) is 8.15. The van der Waals surface area contributed by atoms with E-state index in [0.717, 1.165) is 12.8 Å². The van der Waals surface area contributed by atoms with Gasteiger partial charge in [0, 0.05) is 6.61 Å². The fraction of sp³-hybridized carbons (Fsp3) is 0.462. The predicted octanol–water partition coefficient (Wildman–Crippen LogP) is -1.28. The standard InChI is InChI=1S/C10H12O3.C3H8O.Na/c1-2-7-13-10(12)8-3-5-9(11)6-4-8;1-2-3-4;/h3-6,11H,2,7H2,1H3;4H,2-3H2,1H3;/q;;+1/p-1. The summed E-state index contributed by atoms with van der Waals surface area (Å²) < 4.78 is 4.88. The van der Waals surface area contributed by atoms with E-state index in [1.54, 1.807) is 0 Å². The van der Waals surface area contributed by atoms with Crippen molar-refractivity contribution < 1.29 is 49.3 Å². The molecule has 1 aromatic carbocycles. The van der Waals surface area contributed by atoms with Gasteiger partial charge < -0.3 is 14.9 Å². The SMILES string of the molecule is CCCO.CCCOC(=O)c1ccc([O-])cc1.[Na+]. The summed E-state index contributed by atoms with van der Waals surface area (Å²) in [6.45, 7) is 4.59. The van der Waals surface area contributed by atoms with E-state index >= 15 is 0 Å². The number of benzene rings is 1. The maximum atomic E-state index is 11.2. The molecule has 96 valence electrons. The molecule has 5 heteroatoms. The molecule has 0 aliphatic carbocycles. The van der Waals surface area contributed by atoms with Gasteiger partial charge in [0.1, 0.15) is 0 Å². The van der Waals surface area contributed by atoms with Crippen molar-refractivity contribution in [3.8, 4) is 5.75 Å². The summed E-state index contributed by atoms with van der Waals surface area (Å²) in [5.41, 5.74) is 0.424. The minimum atomic E-state index is -0.373. The molecule has 0 aliphatic rings. The van der Waals surface area contributed by atoms with Gasteiger partial charge in [-0.1, -0.05) is 26.0 Å². The molecule has 18 heavy (non-hydrogen) atoms. The molecule has 0 saturated heterocycles. The molecule has 1 aromatic rings. The normalized spacial score (nSPS) is 8.61.